The summed E-state index contributed by atoms with van der Waals surface area (Å²) in [6.45, 7) is 2.38. The van der Waals surface area contributed by atoms with E-state index in [1.54, 1.807) is 12.1 Å². The fourth-order valence-corrected chi connectivity index (χ4v) is 4.59. The number of benzene rings is 4. The number of hydrogen-bond donors (Lipinski definition) is 2. The molecule has 5 aromatic rings. The topological polar surface area (TPSA) is 71.6 Å². The normalized spacial score (nSPS) is 11.1. The van der Waals surface area contributed by atoms with Gasteiger partial charge in [-0.3, -0.25) is 0 Å². The molecule has 176 valence electrons. The van der Waals surface area contributed by atoms with E-state index in [1.807, 2.05) is 67.6 Å². The Hall–Kier alpha value is -4.32. The lowest BCUT2D eigenvalue weighted by molar-refractivity contribution is 0.142. The van der Waals surface area contributed by atoms with Gasteiger partial charge < -0.3 is 19.6 Å². The third kappa shape index (κ3) is 4.43. The summed E-state index contributed by atoms with van der Waals surface area (Å²) in [7, 11) is 0. The molecule has 0 atom stereocenters. The number of halogens is 1. The molecule has 1 heterocycles. The second-order valence-corrected chi connectivity index (χ2v) is 8.39. The van der Waals surface area contributed by atoms with Crippen molar-refractivity contribution < 1.29 is 23.8 Å². The summed E-state index contributed by atoms with van der Waals surface area (Å²) >= 11 is 0. The smallest absolute Gasteiger partial charge is 0.493 e. The number of fused-ring (bicyclic) bond motifs is 2. The van der Waals surface area contributed by atoms with Crippen LogP contribution in [0.3, 0.4) is 0 Å². The molecule has 0 unspecified atom stereocenters. The molecule has 0 bridgehead atoms. The number of ether oxygens (including phenoxy) is 2. The van der Waals surface area contributed by atoms with Gasteiger partial charge in [-0.15, -0.1) is 0 Å². The summed E-state index contributed by atoms with van der Waals surface area (Å²) in [4.78, 5) is 14.6. The largest absolute Gasteiger partial charge is 0.512 e. The molecule has 35 heavy (non-hydrogen) atoms. The lowest BCUT2D eigenvalue weighted by atomic mass is 9.97. The minimum Gasteiger partial charge on any atom is -0.493 e. The zero-order valence-electron chi connectivity index (χ0n) is 19.2. The summed E-state index contributed by atoms with van der Waals surface area (Å²) in [5.41, 5.74) is 4.75. The van der Waals surface area contributed by atoms with E-state index in [0.29, 0.717) is 30.6 Å². The van der Waals surface area contributed by atoms with Crippen molar-refractivity contribution in [2.75, 3.05) is 6.61 Å². The van der Waals surface area contributed by atoms with Gasteiger partial charge in [0.15, 0.2) is 0 Å². The second-order valence-electron chi connectivity index (χ2n) is 8.39. The molecule has 0 radical (unpaired) electrons. The van der Waals surface area contributed by atoms with Crippen LogP contribution >= 0.6 is 0 Å². The summed E-state index contributed by atoms with van der Waals surface area (Å²) < 4.78 is 25.4. The van der Waals surface area contributed by atoms with E-state index in [4.69, 9.17) is 9.47 Å². The molecule has 1 aromatic heterocycles. The average Bonchev–Trinajstić information content (AvgIpc) is 3.19. The maximum Gasteiger partial charge on any atom is 0.512 e. The van der Waals surface area contributed by atoms with Crippen molar-refractivity contribution in [3.63, 3.8) is 0 Å². The van der Waals surface area contributed by atoms with Crippen molar-refractivity contribution in [1.82, 2.24) is 4.98 Å². The third-order valence-electron chi connectivity index (χ3n) is 6.17. The Bertz CT molecular complexity index is 1530. The van der Waals surface area contributed by atoms with Gasteiger partial charge in [0, 0.05) is 16.5 Å². The van der Waals surface area contributed by atoms with Crippen LogP contribution < -0.4 is 9.47 Å². The van der Waals surface area contributed by atoms with Crippen LogP contribution in [0.2, 0.25) is 0 Å². The van der Waals surface area contributed by atoms with Crippen LogP contribution in [-0.4, -0.2) is 22.9 Å². The maximum absolute atomic E-state index is 14.4. The van der Waals surface area contributed by atoms with Gasteiger partial charge in [0.2, 0.25) is 5.88 Å². The van der Waals surface area contributed by atoms with Crippen molar-refractivity contribution in [3.05, 3.63) is 95.8 Å². The molecule has 5 rings (SSSR count). The van der Waals surface area contributed by atoms with Gasteiger partial charge in [0.1, 0.15) is 11.6 Å². The van der Waals surface area contributed by atoms with Gasteiger partial charge in [-0.1, -0.05) is 66.7 Å². The van der Waals surface area contributed by atoms with E-state index >= 15 is 0 Å². The lowest BCUT2D eigenvalue weighted by Crippen LogP contribution is -2.06. The first-order valence-corrected chi connectivity index (χ1v) is 11.4. The highest BCUT2D eigenvalue weighted by molar-refractivity contribution is 5.98. The molecule has 4 aromatic carbocycles. The van der Waals surface area contributed by atoms with Crippen LogP contribution in [0.15, 0.2) is 78.9 Å². The first kappa shape index (κ1) is 22.5. The Kier molecular flexibility index (Phi) is 6.10. The van der Waals surface area contributed by atoms with Gasteiger partial charge in [-0.2, -0.15) is 0 Å². The Morgan fingerprint density at radius 3 is 2.49 bits per heavy atom. The summed E-state index contributed by atoms with van der Waals surface area (Å²) in [6, 6.07) is 24.3. The standard InChI is InChI=1S/C29H24FNO4/c1-18-8-2-3-11-20(18)21-12-6-13-22-23(28(31-27(21)22)35-29(32)33)14-7-17-34-25-16-5-10-19-9-4-15-24(30)26(19)25/h2-6,8-13,15-16,31H,7,14,17H2,1H3,(H,32,33). The van der Waals surface area contributed by atoms with E-state index in [2.05, 4.69) is 4.98 Å². The minimum atomic E-state index is -1.38. The predicted octanol–water partition coefficient (Wildman–Crippen LogP) is 7.50. The molecule has 0 saturated heterocycles. The van der Waals surface area contributed by atoms with Crippen LogP contribution in [0.4, 0.5) is 9.18 Å². The molecular weight excluding hydrogens is 445 g/mol. The number of hydrogen-bond acceptors (Lipinski definition) is 3. The number of carbonyl (C=O) groups is 1. The van der Waals surface area contributed by atoms with Gasteiger partial charge in [-0.05, 0) is 48.4 Å². The molecule has 2 N–H and O–H groups in total. The third-order valence-corrected chi connectivity index (χ3v) is 6.17. The highest BCUT2D eigenvalue weighted by Gasteiger charge is 2.18. The fraction of sp³-hybridized carbons (Fsp3) is 0.138. The number of aryl methyl sites for hydroxylation is 2. The number of nitrogens with one attached hydrogen (secondary N) is 1. The van der Waals surface area contributed by atoms with Crippen LogP contribution in [0.25, 0.3) is 32.8 Å². The van der Waals surface area contributed by atoms with Crippen molar-refractivity contribution in [2.45, 2.75) is 19.8 Å². The van der Waals surface area contributed by atoms with Gasteiger partial charge >= 0.3 is 6.16 Å². The van der Waals surface area contributed by atoms with Crippen molar-refractivity contribution >= 4 is 27.8 Å². The first-order chi connectivity index (χ1) is 17.0. The number of para-hydroxylation sites is 1. The number of aromatic amines is 1. The number of H-pyrrole nitrogens is 1. The van der Waals surface area contributed by atoms with Crippen LogP contribution in [-0.2, 0) is 6.42 Å². The van der Waals surface area contributed by atoms with Crippen molar-refractivity contribution in [1.29, 1.82) is 0 Å². The molecule has 6 heteroatoms. The van der Waals surface area contributed by atoms with Gasteiger partial charge in [0.05, 0.1) is 17.5 Å². The van der Waals surface area contributed by atoms with E-state index in [9.17, 15) is 14.3 Å². The number of aromatic nitrogens is 1. The molecule has 0 fully saturated rings. The van der Waals surface area contributed by atoms with E-state index in [0.717, 1.165) is 38.5 Å². The molecule has 0 saturated carbocycles. The van der Waals surface area contributed by atoms with E-state index in [1.165, 1.54) is 6.07 Å². The monoisotopic (exact) mass is 469 g/mol. The second kappa shape index (κ2) is 9.50. The van der Waals surface area contributed by atoms with Crippen LogP contribution in [0.1, 0.15) is 17.5 Å². The first-order valence-electron chi connectivity index (χ1n) is 11.4. The lowest BCUT2D eigenvalue weighted by Gasteiger charge is -2.10. The quantitative estimate of drug-likeness (QED) is 0.191. The maximum atomic E-state index is 14.4. The summed E-state index contributed by atoms with van der Waals surface area (Å²) in [6.07, 6.45) is -0.271. The molecule has 0 aliphatic heterocycles. The summed E-state index contributed by atoms with van der Waals surface area (Å²) in [5, 5.41) is 11.4. The van der Waals surface area contributed by atoms with E-state index in [-0.39, 0.29) is 11.7 Å². The molecule has 5 nitrogen and oxygen atoms in total. The Balaban J connectivity index is 1.43. The van der Waals surface area contributed by atoms with Crippen molar-refractivity contribution in [2.24, 2.45) is 0 Å². The van der Waals surface area contributed by atoms with Gasteiger partial charge in [0.25, 0.3) is 0 Å². The fourth-order valence-electron chi connectivity index (χ4n) is 4.59. The van der Waals surface area contributed by atoms with Crippen LogP contribution in [0.5, 0.6) is 11.6 Å². The molecular formula is C29H24FNO4. The molecule has 0 amide bonds. The van der Waals surface area contributed by atoms with Crippen molar-refractivity contribution in [3.8, 4) is 22.8 Å². The highest BCUT2D eigenvalue weighted by atomic mass is 19.1. The van der Waals surface area contributed by atoms with Gasteiger partial charge in [-0.25, -0.2) is 9.18 Å². The highest BCUT2D eigenvalue weighted by Crippen LogP contribution is 2.37. The zero-order chi connectivity index (χ0) is 24.4. The number of carboxylic acid groups (broad SMARTS) is 1. The molecule has 0 aliphatic carbocycles. The Labute approximate surface area is 201 Å². The molecule has 0 aliphatic rings. The minimum absolute atomic E-state index is 0.213. The van der Waals surface area contributed by atoms with E-state index < -0.39 is 6.16 Å². The molecule has 0 spiro atoms. The Morgan fingerprint density at radius 2 is 1.69 bits per heavy atom. The zero-order valence-corrected chi connectivity index (χ0v) is 19.2. The average molecular weight is 470 g/mol. The Morgan fingerprint density at radius 1 is 0.943 bits per heavy atom. The summed E-state index contributed by atoms with van der Waals surface area (Å²) in [5.74, 6) is 0.378. The predicted molar refractivity (Wildman–Crippen MR) is 135 cm³/mol. The SMILES string of the molecule is Cc1ccccc1-c1cccc2c(CCCOc3cccc4cccc(F)c34)c(OC(=O)O)[nH]c12. The number of rotatable bonds is 7. The van der Waals surface area contributed by atoms with Crippen LogP contribution in [0, 0.1) is 12.7 Å².